The van der Waals surface area contributed by atoms with Crippen molar-refractivity contribution >= 4 is 17.3 Å². The molecule has 0 saturated heterocycles. The molecule has 0 radical (unpaired) electrons. The van der Waals surface area contributed by atoms with Gasteiger partial charge in [0.15, 0.2) is 0 Å². The van der Waals surface area contributed by atoms with Crippen molar-refractivity contribution in [1.82, 2.24) is 4.98 Å². The third-order valence-electron chi connectivity index (χ3n) is 2.92. The Morgan fingerprint density at radius 3 is 2.60 bits per heavy atom. The molecule has 1 rings (SSSR count). The molecule has 0 amide bonds. The van der Waals surface area contributed by atoms with Crippen molar-refractivity contribution in [3.8, 4) is 0 Å². The summed E-state index contributed by atoms with van der Waals surface area (Å²) in [6.07, 6.45) is 5.30. The third-order valence-corrected chi connectivity index (χ3v) is 3.22. The van der Waals surface area contributed by atoms with E-state index in [0.29, 0.717) is 11.6 Å². The van der Waals surface area contributed by atoms with Gasteiger partial charge in [-0.3, -0.25) is 4.98 Å². The monoisotopic (exact) mass is 227 g/mol. The molecule has 1 heterocycles. The lowest BCUT2D eigenvalue weighted by atomic mass is 9.92. The van der Waals surface area contributed by atoms with Gasteiger partial charge in [0.1, 0.15) is 0 Å². The molecule has 0 aliphatic carbocycles. The van der Waals surface area contributed by atoms with Gasteiger partial charge in [0.2, 0.25) is 0 Å². The van der Waals surface area contributed by atoms with Crippen LogP contribution in [-0.2, 0) is 0 Å². The first-order valence-electron chi connectivity index (χ1n) is 5.25. The Morgan fingerprint density at radius 2 is 2.13 bits per heavy atom. The first kappa shape index (κ1) is 12.3. The minimum atomic E-state index is -0.0645. The third kappa shape index (κ3) is 2.83. The molecule has 0 saturated carbocycles. The molecular weight excluding hydrogens is 210 g/mol. The van der Waals surface area contributed by atoms with E-state index in [1.165, 1.54) is 0 Å². The minimum absolute atomic E-state index is 0.0645. The average molecular weight is 228 g/mol. The van der Waals surface area contributed by atoms with E-state index in [1.54, 1.807) is 12.4 Å². The molecule has 0 aromatic carbocycles. The fourth-order valence-corrected chi connectivity index (χ4v) is 1.70. The molecule has 84 valence electrons. The summed E-state index contributed by atoms with van der Waals surface area (Å²) in [6.45, 7) is 4.84. The molecule has 0 aliphatic heterocycles. The summed E-state index contributed by atoms with van der Waals surface area (Å²) < 4.78 is 0. The summed E-state index contributed by atoms with van der Waals surface area (Å²) in [6, 6.07) is 1.87. The summed E-state index contributed by atoms with van der Waals surface area (Å²) in [5.74, 6) is 0. The van der Waals surface area contributed by atoms with Gasteiger partial charge in [0.25, 0.3) is 0 Å². The Hall–Kier alpha value is -0.800. The van der Waals surface area contributed by atoms with Crippen LogP contribution in [0.4, 0.5) is 5.69 Å². The average Bonchev–Trinajstić information content (AvgIpc) is 2.29. The Labute approximate surface area is 96.0 Å². The maximum Gasteiger partial charge on any atom is 0.0820 e. The highest BCUT2D eigenvalue weighted by molar-refractivity contribution is 6.33. The summed E-state index contributed by atoms with van der Waals surface area (Å²) in [7, 11) is 0. The fraction of sp³-hybridized carbons (Fsp3) is 0.545. The summed E-state index contributed by atoms with van der Waals surface area (Å²) >= 11 is 6.04. The first-order valence-corrected chi connectivity index (χ1v) is 5.63. The molecule has 3 nitrogen and oxygen atoms in total. The first-order chi connectivity index (χ1) is 7.17. The molecule has 0 spiro atoms. The largest absolute Gasteiger partial charge is 0.377 e. The highest BCUT2D eigenvalue weighted by Gasteiger charge is 2.24. The van der Waals surface area contributed by atoms with Crippen LogP contribution in [0, 0.1) is 0 Å². The Bertz CT molecular complexity index is 302. The number of halogens is 1. The lowest BCUT2D eigenvalue weighted by Crippen LogP contribution is -2.44. The van der Waals surface area contributed by atoms with Gasteiger partial charge < -0.3 is 11.1 Å². The quantitative estimate of drug-likeness (QED) is 0.813. The molecular formula is C11H18ClN3. The summed E-state index contributed by atoms with van der Waals surface area (Å²) in [4.78, 5) is 3.95. The van der Waals surface area contributed by atoms with Crippen molar-refractivity contribution in [3.05, 3.63) is 23.5 Å². The lowest BCUT2D eigenvalue weighted by molar-refractivity contribution is 0.445. The van der Waals surface area contributed by atoms with Crippen LogP contribution in [0.15, 0.2) is 18.5 Å². The summed E-state index contributed by atoms with van der Waals surface area (Å²) in [5.41, 5.74) is 6.64. The number of hydrogen-bond donors (Lipinski definition) is 2. The second-order valence-electron chi connectivity index (χ2n) is 3.67. The zero-order valence-electron chi connectivity index (χ0n) is 9.26. The Kier molecular flexibility index (Phi) is 4.36. The van der Waals surface area contributed by atoms with E-state index < -0.39 is 0 Å². The van der Waals surface area contributed by atoms with Crippen molar-refractivity contribution in [3.63, 3.8) is 0 Å². The van der Waals surface area contributed by atoms with E-state index in [9.17, 15) is 0 Å². The number of aromatic nitrogens is 1. The van der Waals surface area contributed by atoms with Gasteiger partial charge in [-0.15, -0.1) is 0 Å². The number of nitrogens with one attached hydrogen (secondary N) is 1. The van der Waals surface area contributed by atoms with Gasteiger partial charge in [-0.05, 0) is 18.9 Å². The topological polar surface area (TPSA) is 50.9 Å². The van der Waals surface area contributed by atoms with E-state index in [0.717, 1.165) is 18.5 Å². The van der Waals surface area contributed by atoms with Crippen LogP contribution in [0.3, 0.4) is 0 Å². The number of nitrogens with two attached hydrogens (primary N) is 1. The minimum Gasteiger partial charge on any atom is -0.377 e. The molecule has 0 atom stereocenters. The van der Waals surface area contributed by atoms with Gasteiger partial charge in [-0.2, -0.15) is 0 Å². The van der Waals surface area contributed by atoms with Gasteiger partial charge in [-0.1, -0.05) is 25.4 Å². The lowest BCUT2D eigenvalue weighted by Gasteiger charge is -2.32. The van der Waals surface area contributed by atoms with Gasteiger partial charge >= 0.3 is 0 Å². The van der Waals surface area contributed by atoms with Crippen LogP contribution in [-0.4, -0.2) is 17.1 Å². The molecule has 3 N–H and O–H groups in total. The SMILES string of the molecule is CCC(CC)(CN)Nc1ccncc1Cl. The smallest absolute Gasteiger partial charge is 0.0820 e. The molecule has 1 aromatic heterocycles. The maximum absolute atomic E-state index is 6.04. The molecule has 0 unspecified atom stereocenters. The normalized spacial score (nSPS) is 11.5. The Morgan fingerprint density at radius 1 is 1.47 bits per heavy atom. The zero-order chi connectivity index (χ0) is 11.3. The van der Waals surface area contributed by atoms with Crippen molar-refractivity contribution in [1.29, 1.82) is 0 Å². The number of anilines is 1. The highest BCUT2D eigenvalue weighted by atomic mass is 35.5. The number of pyridine rings is 1. The van der Waals surface area contributed by atoms with E-state index in [1.807, 2.05) is 6.07 Å². The number of rotatable bonds is 5. The van der Waals surface area contributed by atoms with Crippen LogP contribution in [0.2, 0.25) is 5.02 Å². The van der Waals surface area contributed by atoms with Crippen LogP contribution < -0.4 is 11.1 Å². The van der Waals surface area contributed by atoms with E-state index >= 15 is 0 Å². The van der Waals surface area contributed by atoms with Crippen molar-refractivity contribution < 1.29 is 0 Å². The molecule has 1 aromatic rings. The van der Waals surface area contributed by atoms with Crippen molar-refractivity contribution in [2.45, 2.75) is 32.2 Å². The molecule has 15 heavy (non-hydrogen) atoms. The Balaban J connectivity index is 2.88. The molecule has 0 bridgehead atoms. The number of nitrogens with zero attached hydrogens (tertiary/aromatic N) is 1. The van der Waals surface area contributed by atoms with Crippen LogP contribution in [0.5, 0.6) is 0 Å². The van der Waals surface area contributed by atoms with Crippen LogP contribution in [0.25, 0.3) is 0 Å². The maximum atomic E-state index is 6.04. The van der Waals surface area contributed by atoms with E-state index in [2.05, 4.69) is 24.1 Å². The number of hydrogen-bond acceptors (Lipinski definition) is 3. The van der Waals surface area contributed by atoms with Crippen LogP contribution >= 0.6 is 11.6 Å². The standard InChI is InChI=1S/C11H18ClN3/c1-3-11(4-2,8-13)15-10-5-6-14-7-9(10)12/h5-7H,3-4,8,13H2,1-2H3,(H,14,15). The second kappa shape index (κ2) is 5.33. The van der Waals surface area contributed by atoms with Gasteiger partial charge in [0.05, 0.1) is 10.7 Å². The van der Waals surface area contributed by atoms with E-state index in [-0.39, 0.29) is 5.54 Å². The van der Waals surface area contributed by atoms with Gasteiger partial charge in [0, 0.05) is 24.5 Å². The highest BCUT2D eigenvalue weighted by Crippen LogP contribution is 2.26. The molecule has 0 fully saturated rings. The zero-order valence-corrected chi connectivity index (χ0v) is 10.0. The van der Waals surface area contributed by atoms with E-state index in [4.69, 9.17) is 17.3 Å². The summed E-state index contributed by atoms with van der Waals surface area (Å²) in [5, 5.41) is 4.05. The van der Waals surface area contributed by atoms with Crippen LogP contribution in [0.1, 0.15) is 26.7 Å². The fourth-order valence-electron chi connectivity index (χ4n) is 1.53. The van der Waals surface area contributed by atoms with Crippen molar-refractivity contribution in [2.75, 3.05) is 11.9 Å². The molecule has 0 aliphatic rings. The van der Waals surface area contributed by atoms with Gasteiger partial charge in [-0.25, -0.2) is 0 Å². The predicted molar refractivity (Wildman–Crippen MR) is 65.2 cm³/mol. The molecule has 4 heteroatoms. The van der Waals surface area contributed by atoms with Crippen molar-refractivity contribution in [2.24, 2.45) is 5.73 Å². The predicted octanol–water partition coefficient (Wildman–Crippen LogP) is 2.66. The second-order valence-corrected chi connectivity index (χ2v) is 4.08.